The summed E-state index contributed by atoms with van der Waals surface area (Å²) in [6.07, 6.45) is 15.7. The topological polar surface area (TPSA) is 35.6 Å². The van der Waals surface area contributed by atoms with Gasteiger partial charge < -0.3 is 10.2 Å². The lowest BCUT2D eigenvalue weighted by atomic mass is 9.96. The zero-order chi connectivity index (χ0) is 16.6. The molecule has 0 spiro atoms. The molecule has 4 nitrogen and oxygen atoms in total. The summed E-state index contributed by atoms with van der Waals surface area (Å²) in [6, 6.07) is 1.21. The van der Waals surface area contributed by atoms with Crippen LogP contribution in [0.5, 0.6) is 0 Å². The van der Waals surface area contributed by atoms with Crippen LogP contribution in [0.4, 0.5) is 0 Å². The number of amides is 1. The fourth-order valence-electron chi connectivity index (χ4n) is 4.80. The Hall–Kier alpha value is -0.610. The first-order chi connectivity index (χ1) is 11.8. The summed E-state index contributed by atoms with van der Waals surface area (Å²) in [7, 11) is 0. The molecule has 0 unspecified atom stereocenters. The molecular weight excluding hydrogens is 298 g/mol. The Kier molecular flexibility index (Phi) is 7.40. The molecule has 2 aliphatic heterocycles. The summed E-state index contributed by atoms with van der Waals surface area (Å²) in [4.78, 5) is 17.5. The maximum absolute atomic E-state index is 12.4. The first-order valence-electron chi connectivity index (χ1n) is 10.6. The lowest BCUT2D eigenvalue weighted by Crippen LogP contribution is -2.49. The van der Waals surface area contributed by atoms with E-state index < -0.39 is 0 Å². The van der Waals surface area contributed by atoms with E-state index in [1.165, 1.54) is 90.1 Å². The van der Waals surface area contributed by atoms with Gasteiger partial charge in [-0.2, -0.15) is 0 Å². The van der Waals surface area contributed by atoms with Crippen molar-refractivity contribution < 1.29 is 4.79 Å². The minimum atomic E-state index is 0.261. The maximum Gasteiger partial charge on any atom is 0.234 e. The largest absolute Gasteiger partial charge is 0.352 e. The van der Waals surface area contributed by atoms with Gasteiger partial charge in [0, 0.05) is 25.2 Å². The number of hydrogen-bond acceptors (Lipinski definition) is 3. The molecule has 0 atom stereocenters. The van der Waals surface area contributed by atoms with E-state index in [4.69, 9.17) is 0 Å². The van der Waals surface area contributed by atoms with Crippen LogP contribution >= 0.6 is 0 Å². The van der Waals surface area contributed by atoms with Crippen LogP contribution < -0.4 is 5.32 Å². The Morgan fingerprint density at radius 1 is 0.750 bits per heavy atom. The number of rotatable bonds is 4. The Balaban J connectivity index is 1.35. The highest BCUT2D eigenvalue weighted by Crippen LogP contribution is 2.21. The molecule has 0 aromatic carbocycles. The van der Waals surface area contributed by atoms with Crippen molar-refractivity contribution in [3.05, 3.63) is 0 Å². The van der Waals surface area contributed by atoms with Crippen LogP contribution in [0.25, 0.3) is 0 Å². The highest BCUT2D eigenvalue weighted by molar-refractivity contribution is 5.78. The fourth-order valence-corrected chi connectivity index (χ4v) is 4.80. The van der Waals surface area contributed by atoms with Crippen molar-refractivity contribution in [3.63, 3.8) is 0 Å². The highest BCUT2D eigenvalue weighted by Gasteiger charge is 2.26. The molecule has 3 fully saturated rings. The van der Waals surface area contributed by atoms with Crippen molar-refractivity contribution in [1.82, 2.24) is 15.1 Å². The van der Waals surface area contributed by atoms with E-state index in [0.29, 0.717) is 12.6 Å². The predicted molar refractivity (Wildman–Crippen MR) is 99.1 cm³/mol. The van der Waals surface area contributed by atoms with Gasteiger partial charge >= 0.3 is 0 Å². The first-order valence-corrected chi connectivity index (χ1v) is 10.6. The number of nitrogens with zero attached hydrogens (tertiary/aromatic N) is 2. The Labute approximate surface area is 148 Å². The summed E-state index contributed by atoms with van der Waals surface area (Å²) < 4.78 is 0. The lowest BCUT2D eigenvalue weighted by Gasteiger charge is -2.40. The van der Waals surface area contributed by atoms with Crippen LogP contribution in [-0.4, -0.2) is 60.5 Å². The average Bonchev–Trinajstić information content (AvgIpc) is 2.59. The number of hydrogen-bond donors (Lipinski definition) is 1. The Morgan fingerprint density at radius 2 is 1.33 bits per heavy atom. The second kappa shape index (κ2) is 9.76. The summed E-state index contributed by atoms with van der Waals surface area (Å²) in [5.41, 5.74) is 0. The third kappa shape index (κ3) is 5.73. The molecule has 1 saturated carbocycles. The number of carbonyl (C=O) groups excluding carboxylic acids is 1. The molecule has 138 valence electrons. The van der Waals surface area contributed by atoms with E-state index in [1.54, 1.807) is 0 Å². The van der Waals surface area contributed by atoms with Crippen LogP contribution in [0, 0.1) is 0 Å². The Morgan fingerprint density at radius 3 is 2.00 bits per heavy atom. The fraction of sp³-hybridized carbons (Fsp3) is 0.950. The van der Waals surface area contributed by atoms with Gasteiger partial charge in [-0.1, -0.05) is 38.5 Å². The van der Waals surface area contributed by atoms with Gasteiger partial charge in [0.15, 0.2) is 0 Å². The van der Waals surface area contributed by atoms with E-state index in [2.05, 4.69) is 15.1 Å². The SMILES string of the molecule is O=C(CN1CCC(N2CCCCC2)CC1)NC1CCCCCCC1. The van der Waals surface area contributed by atoms with Gasteiger partial charge in [-0.25, -0.2) is 0 Å². The van der Waals surface area contributed by atoms with Crippen molar-refractivity contribution in [2.75, 3.05) is 32.7 Å². The molecule has 1 N–H and O–H groups in total. The summed E-state index contributed by atoms with van der Waals surface area (Å²) in [5.74, 6) is 0.261. The van der Waals surface area contributed by atoms with Gasteiger partial charge in [0.2, 0.25) is 5.91 Å². The van der Waals surface area contributed by atoms with Gasteiger partial charge in [0.05, 0.1) is 6.54 Å². The van der Waals surface area contributed by atoms with E-state index in [9.17, 15) is 4.79 Å². The number of carbonyl (C=O) groups is 1. The van der Waals surface area contributed by atoms with E-state index in [1.807, 2.05) is 0 Å². The molecule has 2 heterocycles. The predicted octanol–water partition coefficient (Wildman–Crippen LogP) is 3.17. The summed E-state index contributed by atoms with van der Waals surface area (Å²) in [6.45, 7) is 5.40. The van der Waals surface area contributed by atoms with E-state index in [0.717, 1.165) is 19.1 Å². The van der Waals surface area contributed by atoms with Gasteiger partial charge in [-0.3, -0.25) is 9.69 Å². The third-order valence-corrected chi connectivity index (χ3v) is 6.30. The second-order valence-corrected chi connectivity index (χ2v) is 8.21. The smallest absolute Gasteiger partial charge is 0.234 e. The van der Waals surface area contributed by atoms with Crippen molar-refractivity contribution in [2.24, 2.45) is 0 Å². The van der Waals surface area contributed by atoms with E-state index in [-0.39, 0.29) is 5.91 Å². The van der Waals surface area contributed by atoms with Gasteiger partial charge in [-0.15, -0.1) is 0 Å². The molecule has 3 rings (SSSR count). The van der Waals surface area contributed by atoms with Crippen molar-refractivity contribution >= 4 is 5.91 Å². The molecule has 1 aliphatic carbocycles. The van der Waals surface area contributed by atoms with Crippen molar-refractivity contribution in [2.45, 2.75) is 89.1 Å². The maximum atomic E-state index is 12.4. The van der Waals surface area contributed by atoms with E-state index >= 15 is 0 Å². The number of nitrogens with one attached hydrogen (secondary N) is 1. The molecule has 0 aromatic heterocycles. The second-order valence-electron chi connectivity index (χ2n) is 8.21. The zero-order valence-electron chi connectivity index (χ0n) is 15.5. The normalized spacial score (nSPS) is 26.7. The van der Waals surface area contributed by atoms with Gasteiger partial charge in [0.1, 0.15) is 0 Å². The Bertz CT molecular complexity index is 365. The molecule has 2 saturated heterocycles. The molecule has 0 aromatic rings. The van der Waals surface area contributed by atoms with Crippen LogP contribution in [0.15, 0.2) is 0 Å². The van der Waals surface area contributed by atoms with Crippen LogP contribution in [-0.2, 0) is 4.79 Å². The summed E-state index contributed by atoms with van der Waals surface area (Å²) >= 11 is 0. The van der Waals surface area contributed by atoms with Gasteiger partial charge in [-0.05, 0) is 51.6 Å². The average molecular weight is 336 g/mol. The quantitative estimate of drug-likeness (QED) is 0.857. The molecule has 0 bridgehead atoms. The minimum Gasteiger partial charge on any atom is -0.352 e. The minimum absolute atomic E-state index is 0.261. The van der Waals surface area contributed by atoms with Crippen LogP contribution in [0.1, 0.15) is 77.0 Å². The zero-order valence-corrected chi connectivity index (χ0v) is 15.5. The molecule has 0 radical (unpaired) electrons. The molecule has 4 heteroatoms. The first kappa shape index (κ1) is 18.2. The molecule has 1 amide bonds. The van der Waals surface area contributed by atoms with Crippen LogP contribution in [0.3, 0.4) is 0 Å². The molecule has 24 heavy (non-hydrogen) atoms. The van der Waals surface area contributed by atoms with Crippen molar-refractivity contribution in [3.8, 4) is 0 Å². The highest BCUT2D eigenvalue weighted by atomic mass is 16.2. The number of likely N-dealkylation sites (tertiary alicyclic amines) is 2. The standard InChI is InChI=1S/C20H37N3O/c24-20(21-18-9-5-2-1-3-6-10-18)17-22-15-11-19(12-16-22)23-13-7-4-8-14-23/h18-19H,1-17H2,(H,21,24). The molecule has 3 aliphatic rings. The lowest BCUT2D eigenvalue weighted by molar-refractivity contribution is -0.123. The van der Waals surface area contributed by atoms with Crippen molar-refractivity contribution in [1.29, 1.82) is 0 Å². The molecular formula is C20H37N3O. The summed E-state index contributed by atoms with van der Waals surface area (Å²) in [5, 5.41) is 3.32. The van der Waals surface area contributed by atoms with Gasteiger partial charge in [0.25, 0.3) is 0 Å². The number of piperidine rings is 2. The van der Waals surface area contributed by atoms with Crippen LogP contribution in [0.2, 0.25) is 0 Å². The monoisotopic (exact) mass is 335 g/mol. The third-order valence-electron chi connectivity index (χ3n) is 6.30.